The van der Waals surface area contributed by atoms with Crippen molar-refractivity contribution >= 4 is 17.8 Å². The van der Waals surface area contributed by atoms with E-state index in [0.717, 1.165) is 23.5 Å². The standard InChI is InChI=1S/C18H17NO3/c1-3-19-13(10-9-12-7-5-6-8-15(12)19)11-14-16(20)17(21)18(14)22-4-2/h5-11H,3-4H2,1-2H3. The van der Waals surface area contributed by atoms with Gasteiger partial charge in [0.2, 0.25) is 5.43 Å². The van der Waals surface area contributed by atoms with Gasteiger partial charge in [0.1, 0.15) is 0 Å². The first-order valence-corrected chi connectivity index (χ1v) is 7.39. The number of ether oxygens (including phenoxy) is 1. The van der Waals surface area contributed by atoms with Crippen molar-refractivity contribution in [2.75, 3.05) is 18.1 Å². The Morgan fingerprint density at radius 3 is 2.59 bits per heavy atom. The summed E-state index contributed by atoms with van der Waals surface area (Å²) in [5.41, 5.74) is 2.47. The van der Waals surface area contributed by atoms with Crippen LogP contribution in [0.15, 0.2) is 45.6 Å². The Hall–Kier alpha value is -2.62. The second-order valence-electron chi connectivity index (χ2n) is 5.04. The highest BCUT2D eigenvalue weighted by Gasteiger charge is 2.23. The van der Waals surface area contributed by atoms with Crippen LogP contribution in [0.1, 0.15) is 25.0 Å². The van der Waals surface area contributed by atoms with Crippen molar-refractivity contribution in [1.82, 2.24) is 0 Å². The number of nitrogens with zero attached hydrogens (tertiary/aromatic N) is 1. The van der Waals surface area contributed by atoms with Crippen LogP contribution >= 0.6 is 0 Å². The third-order valence-corrected chi connectivity index (χ3v) is 3.77. The maximum absolute atomic E-state index is 11.8. The summed E-state index contributed by atoms with van der Waals surface area (Å²) >= 11 is 0. The molecule has 4 nitrogen and oxygen atoms in total. The molecule has 0 saturated heterocycles. The Bertz CT molecular complexity index is 838. The maximum Gasteiger partial charge on any atom is 0.268 e. The van der Waals surface area contributed by atoms with Crippen molar-refractivity contribution in [3.63, 3.8) is 0 Å². The van der Waals surface area contributed by atoms with E-state index >= 15 is 0 Å². The lowest BCUT2D eigenvalue weighted by molar-refractivity contribution is 0.332. The van der Waals surface area contributed by atoms with Gasteiger partial charge in [-0.2, -0.15) is 0 Å². The van der Waals surface area contributed by atoms with Gasteiger partial charge in [0, 0.05) is 17.9 Å². The molecule has 22 heavy (non-hydrogen) atoms. The van der Waals surface area contributed by atoms with E-state index < -0.39 is 10.9 Å². The summed E-state index contributed by atoms with van der Waals surface area (Å²) in [5.74, 6) is 0.184. The Morgan fingerprint density at radius 2 is 1.86 bits per heavy atom. The first-order chi connectivity index (χ1) is 10.7. The molecule has 1 heterocycles. The second-order valence-corrected chi connectivity index (χ2v) is 5.04. The van der Waals surface area contributed by atoms with E-state index in [1.165, 1.54) is 0 Å². The molecule has 0 spiro atoms. The van der Waals surface area contributed by atoms with E-state index in [-0.39, 0.29) is 5.75 Å². The summed E-state index contributed by atoms with van der Waals surface area (Å²) in [6.07, 6.45) is 5.71. The Balaban J connectivity index is 2.05. The molecule has 0 atom stereocenters. The number of hydrogen-bond donors (Lipinski definition) is 0. The molecule has 112 valence electrons. The van der Waals surface area contributed by atoms with Crippen LogP contribution in [0.3, 0.4) is 0 Å². The summed E-state index contributed by atoms with van der Waals surface area (Å²) < 4.78 is 5.28. The molecule has 4 heteroatoms. The van der Waals surface area contributed by atoms with Gasteiger partial charge in [0.25, 0.3) is 5.43 Å². The minimum Gasteiger partial charge on any atom is -0.489 e. The van der Waals surface area contributed by atoms with Crippen molar-refractivity contribution in [2.45, 2.75) is 13.8 Å². The quantitative estimate of drug-likeness (QED) is 0.813. The molecule has 0 fully saturated rings. The van der Waals surface area contributed by atoms with Crippen molar-refractivity contribution in [3.05, 3.63) is 67.6 Å². The van der Waals surface area contributed by atoms with Crippen LogP contribution in [-0.2, 0) is 0 Å². The lowest BCUT2D eigenvalue weighted by Crippen LogP contribution is -2.36. The fourth-order valence-corrected chi connectivity index (χ4v) is 2.71. The zero-order valence-corrected chi connectivity index (χ0v) is 12.6. The average molecular weight is 295 g/mol. The van der Waals surface area contributed by atoms with Gasteiger partial charge in [-0.25, -0.2) is 0 Å². The number of fused-ring (bicyclic) bond motifs is 1. The summed E-state index contributed by atoms with van der Waals surface area (Å²) in [6.45, 7) is 4.99. The molecule has 0 radical (unpaired) electrons. The molecule has 0 N–H and O–H groups in total. The summed E-state index contributed by atoms with van der Waals surface area (Å²) in [7, 11) is 0. The first kappa shape index (κ1) is 14.3. The Labute approximate surface area is 128 Å². The summed E-state index contributed by atoms with van der Waals surface area (Å²) in [5, 5.41) is 0. The molecule has 0 bridgehead atoms. The number of benzene rings is 1. The number of rotatable bonds is 4. The fraction of sp³-hybridized carbons (Fsp3) is 0.222. The average Bonchev–Trinajstić information content (AvgIpc) is 2.57. The van der Waals surface area contributed by atoms with Gasteiger partial charge in [0.15, 0.2) is 5.75 Å². The van der Waals surface area contributed by atoms with Crippen molar-refractivity contribution in [3.8, 4) is 5.75 Å². The van der Waals surface area contributed by atoms with Crippen LogP contribution < -0.4 is 20.5 Å². The second kappa shape index (κ2) is 5.64. The Morgan fingerprint density at radius 1 is 1.09 bits per heavy atom. The topological polar surface area (TPSA) is 46.6 Å². The van der Waals surface area contributed by atoms with Crippen LogP contribution in [0.5, 0.6) is 5.75 Å². The monoisotopic (exact) mass is 295 g/mol. The molecular formula is C18H17NO3. The zero-order chi connectivity index (χ0) is 15.7. The fourth-order valence-electron chi connectivity index (χ4n) is 2.71. The number of allylic oxidation sites excluding steroid dienone is 1. The van der Waals surface area contributed by atoms with Crippen LogP contribution in [-0.4, -0.2) is 13.2 Å². The predicted molar refractivity (Wildman–Crippen MR) is 89.0 cm³/mol. The van der Waals surface area contributed by atoms with Crippen molar-refractivity contribution < 1.29 is 4.74 Å². The molecule has 3 rings (SSSR count). The number of hydrogen-bond acceptors (Lipinski definition) is 4. The van der Waals surface area contributed by atoms with Crippen LogP contribution in [0.4, 0.5) is 5.69 Å². The number of para-hydroxylation sites is 1. The third kappa shape index (κ3) is 2.17. The maximum atomic E-state index is 11.8. The molecule has 0 saturated carbocycles. The first-order valence-electron chi connectivity index (χ1n) is 7.39. The molecule has 2 aromatic carbocycles. The van der Waals surface area contributed by atoms with Gasteiger partial charge >= 0.3 is 0 Å². The van der Waals surface area contributed by atoms with Crippen LogP contribution in [0, 0.1) is 0 Å². The van der Waals surface area contributed by atoms with Crippen LogP contribution in [0.25, 0.3) is 12.2 Å². The lowest BCUT2D eigenvalue weighted by Gasteiger charge is -2.29. The van der Waals surface area contributed by atoms with Crippen LogP contribution in [0.2, 0.25) is 0 Å². The van der Waals surface area contributed by atoms with E-state index in [2.05, 4.69) is 11.8 Å². The molecule has 2 aromatic rings. The molecule has 1 aliphatic heterocycles. The molecule has 0 aliphatic carbocycles. The zero-order valence-electron chi connectivity index (χ0n) is 12.6. The summed E-state index contributed by atoms with van der Waals surface area (Å²) in [4.78, 5) is 25.5. The largest absolute Gasteiger partial charge is 0.489 e. The van der Waals surface area contributed by atoms with E-state index in [0.29, 0.717) is 12.2 Å². The molecule has 0 aromatic heterocycles. The molecule has 0 amide bonds. The van der Waals surface area contributed by atoms with E-state index in [1.807, 2.05) is 36.4 Å². The van der Waals surface area contributed by atoms with Gasteiger partial charge in [-0.1, -0.05) is 24.3 Å². The number of anilines is 1. The minimum atomic E-state index is -0.531. The third-order valence-electron chi connectivity index (χ3n) is 3.77. The SMILES string of the molecule is CCOc1c(C=C2C=Cc3ccccc3N2CC)c(=O)c1=O. The van der Waals surface area contributed by atoms with Gasteiger partial charge < -0.3 is 9.64 Å². The van der Waals surface area contributed by atoms with E-state index in [4.69, 9.17) is 4.74 Å². The minimum absolute atomic E-state index is 0.184. The van der Waals surface area contributed by atoms with Gasteiger partial charge in [0.05, 0.1) is 12.2 Å². The van der Waals surface area contributed by atoms with Crippen molar-refractivity contribution in [1.29, 1.82) is 0 Å². The number of likely N-dealkylation sites (N-methyl/N-ethyl adjacent to an activating group) is 1. The van der Waals surface area contributed by atoms with Gasteiger partial charge in [-0.05, 0) is 37.6 Å². The van der Waals surface area contributed by atoms with E-state index in [9.17, 15) is 9.59 Å². The molecule has 0 unspecified atom stereocenters. The highest BCUT2D eigenvalue weighted by atomic mass is 16.5. The van der Waals surface area contributed by atoms with Gasteiger partial charge in [-0.15, -0.1) is 0 Å². The van der Waals surface area contributed by atoms with Crippen molar-refractivity contribution in [2.24, 2.45) is 0 Å². The molecule has 1 aliphatic rings. The normalized spacial score (nSPS) is 15.4. The summed E-state index contributed by atoms with van der Waals surface area (Å²) in [6, 6.07) is 8.08. The van der Waals surface area contributed by atoms with E-state index in [1.54, 1.807) is 13.0 Å². The molecular weight excluding hydrogens is 278 g/mol. The Kier molecular flexibility index (Phi) is 3.67. The smallest absolute Gasteiger partial charge is 0.268 e. The predicted octanol–water partition coefficient (Wildman–Crippen LogP) is 2.58. The highest BCUT2D eigenvalue weighted by molar-refractivity contribution is 5.80. The van der Waals surface area contributed by atoms with Gasteiger partial charge in [-0.3, -0.25) is 9.59 Å². The lowest BCUT2D eigenvalue weighted by atomic mass is 10.0. The highest BCUT2D eigenvalue weighted by Crippen LogP contribution is 2.31.